The normalized spacial score (nSPS) is 17.5. The third-order valence-electron chi connectivity index (χ3n) is 4.65. The van der Waals surface area contributed by atoms with Crippen molar-refractivity contribution in [1.29, 1.82) is 0 Å². The standard InChI is InChI=1S/C20H28N6O3/c1-20(2,3)29-19(28)26-11-7-5-6-8-16(26)18(27)24-14-12-21-17(22-13-14)15-9-10-23-25(15)4/h9-10,12-13,16H,5-8,11H2,1-4H3,(H,24,27)/t16-/m1/s1. The molecule has 0 aromatic carbocycles. The Kier molecular flexibility index (Phi) is 6.14. The maximum Gasteiger partial charge on any atom is 0.410 e. The third kappa shape index (κ3) is 5.30. The first-order valence-electron chi connectivity index (χ1n) is 9.85. The average Bonchev–Trinajstić information content (AvgIpc) is 2.92. The lowest BCUT2D eigenvalue weighted by molar-refractivity contribution is -0.121. The number of rotatable bonds is 3. The van der Waals surface area contributed by atoms with Gasteiger partial charge in [0.25, 0.3) is 0 Å². The second kappa shape index (κ2) is 8.59. The Labute approximate surface area is 170 Å². The van der Waals surface area contributed by atoms with Gasteiger partial charge in [-0.25, -0.2) is 14.8 Å². The highest BCUT2D eigenvalue weighted by Gasteiger charge is 2.33. The van der Waals surface area contributed by atoms with Crippen molar-refractivity contribution >= 4 is 17.7 Å². The number of hydrogen-bond donors (Lipinski definition) is 1. The number of amides is 2. The average molecular weight is 400 g/mol. The predicted octanol–water partition coefficient (Wildman–Crippen LogP) is 3.00. The molecule has 0 unspecified atom stereocenters. The number of nitrogens with zero attached hydrogens (tertiary/aromatic N) is 5. The van der Waals surface area contributed by atoms with Crippen molar-refractivity contribution in [3.63, 3.8) is 0 Å². The molecule has 0 spiro atoms. The molecule has 3 rings (SSSR count). The number of aryl methyl sites for hydroxylation is 1. The molecule has 1 aliphatic heterocycles. The fourth-order valence-electron chi connectivity index (χ4n) is 3.26. The number of anilines is 1. The minimum Gasteiger partial charge on any atom is -0.444 e. The molecular weight excluding hydrogens is 372 g/mol. The maximum absolute atomic E-state index is 12.9. The minimum absolute atomic E-state index is 0.255. The lowest BCUT2D eigenvalue weighted by atomic mass is 10.1. The van der Waals surface area contributed by atoms with E-state index in [1.54, 1.807) is 28.2 Å². The van der Waals surface area contributed by atoms with Gasteiger partial charge in [0.15, 0.2) is 5.82 Å². The van der Waals surface area contributed by atoms with Crippen LogP contribution in [-0.2, 0) is 16.6 Å². The van der Waals surface area contributed by atoms with Crippen molar-refractivity contribution in [2.75, 3.05) is 11.9 Å². The van der Waals surface area contributed by atoms with Crippen LogP contribution >= 0.6 is 0 Å². The molecule has 1 aliphatic rings. The molecular formula is C20H28N6O3. The number of nitrogens with one attached hydrogen (secondary N) is 1. The first kappa shape index (κ1) is 20.8. The SMILES string of the molecule is Cn1nccc1-c1ncc(NC(=O)[C@H]2CCCCCN2C(=O)OC(C)(C)C)cn1. The van der Waals surface area contributed by atoms with Crippen LogP contribution in [0.1, 0.15) is 46.5 Å². The first-order chi connectivity index (χ1) is 13.7. The zero-order valence-corrected chi connectivity index (χ0v) is 17.4. The lowest BCUT2D eigenvalue weighted by Gasteiger charge is -2.31. The van der Waals surface area contributed by atoms with Crippen molar-refractivity contribution < 1.29 is 14.3 Å². The van der Waals surface area contributed by atoms with Gasteiger partial charge >= 0.3 is 6.09 Å². The Hall–Kier alpha value is -2.97. The summed E-state index contributed by atoms with van der Waals surface area (Å²) in [5.74, 6) is 0.266. The summed E-state index contributed by atoms with van der Waals surface area (Å²) in [4.78, 5) is 35.7. The Morgan fingerprint density at radius 1 is 1.17 bits per heavy atom. The Morgan fingerprint density at radius 2 is 1.90 bits per heavy atom. The molecule has 1 fully saturated rings. The summed E-state index contributed by atoms with van der Waals surface area (Å²) in [5.41, 5.74) is 0.650. The van der Waals surface area contributed by atoms with E-state index in [0.717, 1.165) is 25.0 Å². The summed E-state index contributed by atoms with van der Waals surface area (Å²) >= 11 is 0. The fourth-order valence-corrected chi connectivity index (χ4v) is 3.26. The molecule has 2 aromatic heterocycles. The molecule has 1 atom stereocenters. The van der Waals surface area contributed by atoms with E-state index in [1.807, 2.05) is 33.9 Å². The lowest BCUT2D eigenvalue weighted by Crippen LogP contribution is -2.48. The topological polar surface area (TPSA) is 102 Å². The molecule has 3 heterocycles. The summed E-state index contributed by atoms with van der Waals surface area (Å²) in [6.45, 7) is 5.96. The van der Waals surface area contributed by atoms with E-state index in [1.165, 1.54) is 0 Å². The van der Waals surface area contributed by atoms with Crippen LogP contribution in [0.2, 0.25) is 0 Å². The number of ether oxygens (including phenoxy) is 1. The van der Waals surface area contributed by atoms with Crippen LogP contribution in [0, 0.1) is 0 Å². The Morgan fingerprint density at radius 3 is 2.52 bits per heavy atom. The molecule has 9 heteroatoms. The monoisotopic (exact) mass is 400 g/mol. The molecule has 0 radical (unpaired) electrons. The van der Waals surface area contributed by atoms with Crippen molar-refractivity contribution in [3.05, 3.63) is 24.7 Å². The number of hydrogen-bond acceptors (Lipinski definition) is 6. The van der Waals surface area contributed by atoms with E-state index in [9.17, 15) is 9.59 Å². The maximum atomic E-state index is 12.9. The molecule has 2 aromatic rings. The van der Waals surface area contributed by atoms with E-state index < -0.39 is 17.7 Å². The highest BCUT2D eigenvalue weighted by molar-refractivity contribution is 5.96. The van der Waals surface area contributed by atoms with Gasteiger partial charge in [-0.1, -0.05) is 12.8 Å². The number of likely N-dealkylation sites (tertiary alicyclic amines) is 1. The molecule has 29 heavy (non-hydrogen) atoms. The van der Waals surface area contributed by atoms with Crippen LogP contribution in [0.3, 0.4) is 0 Å². The molecule has 1 N–H and O–H groups in total. The van der Waals surface area contributed by atoms with Crippen LogP contribution in [-0.4, -0.2) is 54.8 Å². The molecule has 0 bridgehead atoms. The Balaban J connectivity index is 1.71. The quantitative estimate of drug-likeness (QED) is 0.850. The molecule has 156 valence electrons. The van der Waals surface area contributed by atoms with Crippen LogP contribution in [0.4, 0.5) is 10.5 Å². The Bertz CT molecular complexity index is 856. The highest BCUT2D eigenvalue weighted by atomic mass is 16.6. The molecule has 2 amide bonds. The van der Waals surface area contributed by atoms with Crippen LogP contribution in [0.5, 0.6) is 0 Å². The van der Waals surface area contributed by atoms with Crippen LogP contribution in [0.25, 0.3) is 11.5 Å². The van der Waals surface area contributed by atoms with Crippen molar-refractivity contribution in [2.24, 2.45) is 7.05 Å². The van der Waals surface area contributed by atoms with Crippen molar-refractivity contribution in [3.8, 4) is 11.5 Å². The van der Waals surface area contributed by atoms with Crippen LogP contribution in [0.15, 0.2) is 24.7 Å². The van der Waals surface area contributed by atoms with Gasteiger partial charge < -0.3 is 10.1 Å². The second-order valence-corrected chi connectivity index (χ2v) is 8.16. The fraction of sp³-hybridized carbons (Fsp3) is 0.550. The third-order valence-corrected chi connectivity index (χ3v) is 4.65. The summed E-state index contributed by atoms with van der Waals surface area (Å²) in [6, 6.07) is 1.24. The highest BCUT2D eigenvalue weighted by Crippen LogP contribution is 2.22. The molecule has 0 saturated carbocycles. The van der Waals surface area contributed by atoms with Crippen molar-refractivity contribution in [1.82, 2.24) is 24.6 Å². The smallest absolute Gasteiger partial charge is 0.410 e. The van der Waals surface area contributed by atoms with E-state index >= 15 is 0 Å². The van der Waals surface area contributed by atoms with Crippen molar-refractivity contribution in [2.45, 2.75) is 58.1 Å². The zero-order valence-electron chi connectivity index (χ0n) is 17.4. The summed E-state index contributed by atoms with van der Waals surface area (Å²) in [6.07, 6.45) is 7.64. The van der Waals surface area contributed by atoms with Gasteiger partial charge in [-0.3, -0.25) is 14.4 Å². The van der Waals surface area contributed by atoms with E-state index in [2.05, 4.69) is 20.4 Å². The largest absolute Gasteiger partial charge is 0.444 e. The van der Waals surface area contributed by atoms with Gasteiger partial charge in [0, 0.05) is 19.8 Å². The van der Waals surface area contributed by atoms with Gasteiger partial charge in [-0.15, -0.1) is 0 Å². The zero-order chi connectivity index (χ0) is 21.0. The second-order valence-electron chi connectivity index (χ2n) is 8.16. The van der Waals surface area contributed by atoms with Crippen LogP contribution < -0.4 is 5.32 Å². The first-order valence-corrected chi connectivity index (χ1v) is 9.85. The van der Waals surface area contributed by atoms with Gasteiger partial charge in [0.1, 0.15) is 17.3 Å². The molecule has 9 nitrogen and oxygen atoms in total. The number of carbonyl (C=O) groups excluding carboxylic acids is 2. The molecule has 0 aliphatic carbocycles. The van der Waals surface area contributed by atoms with E-state index in [-0.39, 0.29) is 5.91 Å². The minimum atomic E-state index is -0.611. The summed E-state index contributed by atoms with van der Waals surface area (Å²) < 4.78 is 7.18. The predicted molar refractivity (Wildman–Crippen MR) is 108 cm³/mol. The van der Waals surface area contributed by atoms with Gasteiger partial charge in [-0.05, 0) is 39.7 Å². The van der Waals surface area contributed by atoms with E-state index in [0.29, 0.717) is 24.5 Å². The van der Waals surface area contributed by atoms with Gasteiger partial charge in [0.2, 0.25) is 5.91 Å². The molecule has 1 saturated heterocycles. The summed E-state index contributed by atoms with van der Waals surface area (Å²) in [5, 5.41) is 6.94. The van der Waals surface area contributed by atoms with E-state index in [4.69, 9.17) is 4.74 Å². The number of aromatic nitrogens is 4. The number of carbonyl (C=O) groups is 2. The van der Waals surface area contributed by atoms with Gasteiger partial charge in [-0.2, -0.15) is 5.10 Å². The summed E-state index contributed by atoms with van der Waals surface area (Å²) in [7, 11) is 1.81. The van der Waals surface area contributed by atoms with Gasteiger partial charge in [0.05, 0.1) is 18.1 Å².